The van der Waals surface area contributed by atoms with Gasteiger partial charge in [0.2, 0.25) is 0 Å². The van der Waals surface area contributed by atoms with E-state index in [0.717, 1.165) is 30.6 Å². The normalized spacial score (nSPS) is 20.8. The van der Waals surface area contributed by atoms with E-state index >= 15 is 0 Å². The Balaban J connectivity index is 1.35. The topological polar surface area (TPSA) is 101 Å². The highest BCUT2D eigenvalue weighted by Gasteiger charge is 2.36. The smallest absolute Gasteiger partial charge is 0.261 e. The Kier molecular flexibility index (Phi) is 7.27. The Morgan fingerprint density at radius 3 is 2.46 bits per heavy atom. The van der Waals surface area contributed by atoms with Crippen molar-refractivity contribution in [1.29, 1.82) is 0 Å². The Hall–Kier alpha value is -3.79. The average molecular weight is 577 g/mol. The van der Waals surface area contributed by atoms with E-state index in [9.17, 15) is 18.0 Å². The molecule has 1 aromatic heterocycles. The van der Waals surface area contributed by atoms with Crippen molar-refractivity contribution < 1.29 is 17.9 Å². The van der Waals surface area contributed by atoms with Crippen LogP contribution in [-0.4, -0.2) is 57.1 Å². The third kappa shape index (κ3) is 5.45. The van der Waals surface area contributed by atoms with Crippen LogP contribution in [0.1, 0.15) is 48.2 Å². The maximum absolute atomic E-state index is 13.5. The molecule has 4 heterocycles. The van der Waals surface area contributed by atoms with Crippen LogP contribution >= 0.6 is 0 Å². The summed E-state index contributed by atoms with van der Waals surface area (Å²) in [5.74, 6) is 1.47. The minimum Gasteiger partial charge on any atom is -0.497 e. The maximum atomic E-state index is 13.5. The first-order valence-corrected chi connectivity index (χ1v) is 15.7. The molecule has 0 aliphatic carbocycles. The second-order valence-corrected chi connectivity index (χ2v) is 13.3. The van der Waals surface area contributed by atoms with Crippen molar-refractivity contribution in [2.45, 2.75) is 43.5 Å². The molecule has 3 aliphatic heterocycles. The predicted octanol–water partition coefficient (Wildman–Crippen LogP) is 4.15. The van der Waals surface area contributed by atoms with Crippen molar-refractivity contribution in [2.75, 3.05) is 42.9 Å². The van der Waals surface area contributed by atoms with E-state index in [0.29, 0.717) is 55.6 Å². The molecular formula is C31H36N4O5S. The van der Waals surface area contributed by atoms with Crippen LogP contribution in [0.2, 0.25) is 0 Å². The standard InChI is InChI=1S/C31H36N4O5S/c1-21-12-14-33(15-13-21)31(37)23-6-11-29(27(17-23)32-41(38,39)26-9-7-25(40-2)8-10-26)34-18-22-16-24(20-34)28-4-3-5-30(36)35(28)19-22/h3-11,17,21-22,24,32H,12-16,18-20H2,1-2H3. The summed E-state index contributed by atoms with van der Waals surface area (Å²) in [7, 11) is -2.42. The molecule has 1 N–H and O–H groups in total. The predicted molar refractivity (Wildman–Crippen MR) is 158 cm³/mol. The molecular weight excluding hydrogens is 540 g/mol. The van der Waals surface area contributed by atoms with Crippen molar-refractivity contribution in [3.8, 4) is 5.75 Å². The number of aromatic nitrogens is 1. The van der Waals surface area contributed by atoms with Gasteiger partial charge in [0.15, 0.2) is 0 Å². The van der Waals surface area contributed by atoms with Gasteiger partial charge in [-0.25, -0.2) is 8.42 Å². The molecule has 216 valence electrons. The van der Waals surface area contributed by atoms with Gasteiger partial charge in [0.1, 0.15) is 5.75 Å². The molecule has 2 aromatic carbocycles. The number of fused-ring (bicyclic) bond motifs is 4. The van der Waals surface area contributed by atoms with E-state index < -0.39 is 10.0 Å². The molecule has 2 saturated heterocycles. The molecule has 0 radical (unpaired) electrons. The van der Waals surface area contributed by atoms with Crippen LogP contribution in [0.3, 0.4) is 0 Å². The lowest BCUT2D eigenvalue weighted by Crippen LogP contribution is -2.47. The number of rotatable bonds is 6. The number of sulfonamides is 1. The number of carbonyl (C=O) groups is 1. The molecule has 9 nitrogen and oxygen atoms in total. The van der Waals surface area contributed by atoms with Gasteiger partial charge >= 0.3 is 0 Å². The van der Waals surface area contributed by atoms with Gasteiger partial charge in [-0.15, -0.1) is 0 Å². The summed E-state index contributed by atoms with van der Waals surface area (Å²) >= 11 is 0. The maximum Gasteiger partial charge on any atom is 0.261 e. The summed E-state index contributed by atoms with van der Waals surface area (Å²) in [6, 6.07) is 17.0. The number of amides is 1. The second-order valence-electron chi connectivity index (χ2n) is 11.6. The van der Waals surface area contributed by atoms with Crippen LogP contribution in [0, 0.1) is 11.8 Å². The number of likely N-dealkylation sites (tertiary alicyclic amines) is 1. The number of methoxy groups -OCH3 is 1. The molecule has 2 unspecified atom stereocenters. The van der Waals surface area contributed by atoms with Gasteiger partial charge in [0.05, 0.1) is 23.4 Å². The van der Waals surface area contributed by atoms with E-state index in [1.165, 1.54) is 19.2 Å². The molecule has 41 heavy (non-hydrogen) atoms. The van der Waals surface area contributed by atoms with Gasteiger partial charge in [-0.3, -0.25) is 14.3 Å². The highest BCUT2D eigenvalue weighted by molar-refractivity contribution is 7.92. The Bertz CT molecular complexity index is 1610. The number of ether oxygens (including phenoxy) is 1. The monoisotopic (exact) mass is 576 g/mol. The first kappa shape index (κ1) is 27.4. The van der Waals surface area contributed by atoms with Crippen LogP contribution in [0.15, 0.2) is 70.4 Å². The van der Waals surface area contributed by atoms with Crippen LogP contribution in [-0.2, 0) is 16.6 Å². The summed E-state index contributed by atoms with van der Waals surface area (Å²) < 4.78 is 37.0. The lowest BCUT2D eigenvalue weighted by molar-refractivity contribution is 0.0697. The minimum absolute atomic E-state index is 0.0218. The molecule has 2 fully saturated rings. The van der Waals surface area contributed by atoms with Crippen molar-refractivity contribution >= 4 is 27.3 Å². The van der Waals surface area contributed by atoms with Crippen molar-refractivity contribution in [3.05, 3.63) is 82.3 Å². The Morgan fingerprint density at radius 1 is 0.976 bits per heavy atom. The SMILES string of the molecule is COc1ccc(S(=O)(=O)Nc2cc(C(=O)N3CCC(C)CC3)ccc2N2CC3CC(C2)c2cccc(=O)n2C3)cc1. The van der Waals surface area contributed by atoms with Gasteiger partial charge in [0, 0.05) is 56.0 Å². The zero-order valence-corrected chi connectivity index (χ0v) is 24.3. The van der Waals surface area contributed by atoms with E-state index in [-0.39, 0.29) is 28.2 Å². The molecule has 1 amide bonds. The van der Waals surface area contributed by atoms with Crippen LogP contribution < -0.4 is 19.9 Å². The number of benzene rings is 2. The summed E-state index contributed by atoms with van der Waals surface area (Å²) in [5, 5.41) is 0. The number of nitrogens with zero attached hydrogens (tertiary/aromatic N) is 3. The molecule has 3 aromatic rings. The van der Waals surface area contributed by atoms with Gasteiger partial charge in [-0.05, 0) is 79.6 Å². The van der Waals surface area contributed by atoms with Crippen molar-refractivity contribution in [1.82, 2.24) is 9.47 Å². The van der Waals surface area contributed by atoms with Crippen LogP contribution in [0.5, 0.6) is 5.75 Å². The third-order valence-corrected chi connectivity index (χ3v) is 10.1. The molecule has 2 bridgehead atoms. The van der Waals surface area contributed by atoms with E-state index in [1.54, 1.807) is 24.3 Å². The summed E-state index contributed by atoms with van der Waals surface area (Å²) in [4.78, 5) is 30.1. The first-order chi connectivity index (χ1) is 19.7. The highest BCUT2D eigenvalue weighted by atomic mass is 32.2. The number of anilines is 2. The number of pyridine rings is 1. The zero-order valence-electron chi connectivity index (χ0n) is 23.5. The largest absolute Gasteiger partial charge is 0.497 e. The second kappa shape index (κ2) is 10.9. The van der Waals surface area contributed by atoms with Crippen LogP contribution in [0.4, 0.5) is 11.4 Å². The Morgan fingerprint density at radius 2 is 1.73 bits per heavy atom. The van der Waals surface area contributed by atoms with Gasteiger partial charge < -0.3 is 19.1 Å². The average Bonchev–Trinajstić information content (AvgIpc) is 2.97. The summed E-state index contributed by atoms with van der Waals surface area (Å²) in [5.41, 5.74) is 2.61. The van der Waals surface area contributed by atoms with Gasteiger partial charge in [0.25, 0.3) is 21.5 Å². The number of hydrogen-bond donors (Lipinski definition) is 1. The Labute approximate surface area is 240 Å². The fourth-order valence-corrected chi connectivity index (χ4v) is 7.54. The summed E-state index contributed by atoms with van der Waals surface area (Å²) in [6.45, 7) is 5.57. The lowest BCUT2D eigenvalue weighted by Gasteiger charge is -2.44. The minimum atomic E-state index is -3.95. The molecule has 0 spiro atoms. The third-order valence-electron chi connectivity index (χ3n) is 8.75. The fourth-order valence-electron chi connectivity index (χ4n) is 6.47. The molecule has 2 atom stereocenters. The molecule has 6 rings (SSSR count). The van der Waals surface area contributed by atoms with Crippen LogP contribution in [0.25, 0.3) is 0 Å². The zero-order chi connectivity index (χ0) is 28.7. The van der Waals surface area contributed by atoms with Crippen molar-refractivity contribution in [3.63, 3.8) is 0 Å². The van der Waals surface area contributed by atoms with Crippen molar-refractivity contribution in [2.24, 2.45) is 11.8 Å². The first-order valence-electron chi connectivity index (χ1n) is 14.3. The van der Waals surface area contributed by atoms with E-state index in [4.69, 9.17) is 4.74 Å². The fraction of sp³-hybridized carbons (Fsp3) is 0.419. The highest BCUT2D eigenvalue weighted by Crippen LogP contribution is 2.40. The number of carbonyl (C=O) groups excluding carboxylic acids is 1. The quantitative estimate of drug-likeness (QED) is 0.473. The van der Waals surface area contributed by atoms with E-state index in [2.05, 4.69) is 16.5 Å². The number of nitrogens with one attached hydrogen (secondary N) is 1. The van der Waals surface area contributed by atoms with Gasteiger partial charge in [-0.1, -0.05) is 13.0 Å². The number of piperidine rings is 2. The molecule has 3 aliphatic rings. The lowest BCUT2D eigenvalue weighted by atomic mass is 9.83. The molecule has 10 heteroatoms. The molecule has 0 saturated carbocycles. The number of hydrogen-bond acceptors (Lipinski definition) is 6. The van der Waals surface area contributed by atoms with Gasteiger partial charge in [-0.2, -0.15) is 0 Å². The van der Waals surface area contributed by atoms with E-state index in [1.807, 2.05) is 33.7 Å². The summed E-state index contributed by atoms with van der Waals surface area (Å²) in [6.07, 6.45) is 2.90.